The highest BCUT2D eigenvalue weighted by molar-refractivity contribution is 5.93. The third-order valence-corrected chi connectivity index (χ3v) is 2.37. The zero-order chi connectivity index (χ0) is 13.2. The normalized spacial score (nSPS) is 11.5. The van der Waals surface area contributed by atoms with Gasteiger partial charge in [0, 0.05) is 30.0 Å². The first kappa shape index (κ1) is 12.4. The Kier molecular flexibility index (Phi) is 3.25. The molecule has 1 amide bonds. The lowest BCUT2D eigenvalue weighted by Gasteiger charge is -2.17. The maximum absolute atomic E-state index is 11.7. The number of amides is 1. The fourth-order valence-corrected chi connectivity index (χ4v) is 1.66. The van der Waals surface area contributed by atoms with E-state index in [0.29, 0.717) is 5.69 Å². The van der Waals surface area contributed by atoms with Crippen LogP contribution in [0.1, 0.15) is 20.3 Å². The summed E-state index contributed by atoms with van der Waals surface area (Å²) in [6.45, 7) is 3.64. The number of benzene rings is 1. The molecule has 0 saturated heterocycles. The summed E-state index contributed by atoms with van der Waals surface area (Å²) in [5, 5.41) is 2.80. The average molecular weight is 244 g/mol. The molecule has 0 unspecified atom stereocenters. The van der Waals surface area contributed by atoms with Crippen molar-refractivity contribution in [1.82, 2.24) is 9.97 Å². The van der Waals surface area contributed by atoms with Gasteiger partial charge in [0.2, 0.25) is 5.91 Å². The van der Waals surface area contributed by atoms with Crippen molar-refractivity contribution in [3.8, 4) is 0 Å². The predicted molar refractivity (Wildman–Crippen MR) is 71.1 cm³/mol. The van der Waals surface area contributed by atoms with Gasteiger partial charge in [-0.1, -0.05) is 0 Å². The number of rotatable bonds is 3. The highest BCUT2D eigenvalue weighted by Crippen LogP contribution is 2.16. The fourth-order valence-electron chi connectivity index (χ4n) is 1.66. The minimum Gasteiger partial charge on any atom is -0.326 e. The van der Waals surface area contributed by atoms with Gasteiger partial charge in [-0.25, -0.2) is 0 Å². The van der Waals surface area contributed by atoms with Crippen molar-refractivity contribution in [2.45, 2.75) is 25.8 Å². The molecule has 3 N–H and O–H groups in total. The van der Waals surface area contributed by atoms with Crippen molar-refractivity contribution in [2.24, 2.45) is 5.73 Å². The highest BCUT2D eigenvalue weighted by Gasteiger charge is 2.16. The molecule has 1 aromatic heterocycles. The molecule has 0 saturated carbocycles. The smallest absolute Gasteiger partial charge is 0.226 e. The predicted octanol–water partition coefficient (Wildman–Crippen LogP) is 1.70. The number of hydrogen-bond acceptors (Lipinski definition) is 4. The molecular weight excluding hydrogens is 228 g/mol. The van der Waals surface area contributed by atoms with Crippen molar-refractivity contribution in [1.29, 1.82) is 0 Å². The van der Waals surface area contributed by atoms with Crippen molar-refractivity contribution < 1.29 is 4.79 Å². The van der Waals surface area contributed by atoms with Crippen molar-refractivity contribution >= 4 is 22.6 Å². The number of nitrogens with zero attached hydrogens (tertiary/aromatic N) is 2. The first-order valence-electron chi connectivity index (χ1n) is 5.73. The van der Waals surface area contributed by atoms with Crippen LogP contribution < -0.4 is 11.1 Å². The van der Waals surface area contributed by atoms with Crippen LogP contribution in [0.3, 0.4) is 0 Å². The molecule has 0 fully saturated rings. The number of carbonyl (C=O) groups is 1. The molecule has 18 heavy (non-hydrogen) atoms. The van der Waals surface area contributed by atoms with Gasteiger partial charge in [0.15, 0.2) is 0 Å². The van der Waals surface area contributed by atoms with Crippen LogP contribution in [0.25, 0.3) is 11.0 Å². The molecule has 5 heteroatoms. The quantitative estimate of drug-likeness (QED) is 0.861. The average Bonchev–Trinajstić information content (AvgIpc) is 2.26. The Balaban J connectivity index is 2.15. The molecule has 0 aliphatic heterocycles. The monoisotopic (exact) mass is 244 g/mol. The molecule has 0 aliphatic carbocycles. The van der Waals surface area contributed by atoms with Crippen LogP contribution in [-0.2, 0) is 4.79 Å². The van der Waals surface area contributed by atoms with E-state index < -0.39 is 5.54 Å². The van der Waals surface area contributed by atoms with Crippen molar-refractivity contribution in [2.75, 3.05) is 5.32 Å². The molecular formula is C13H16N4O. The van der Waals surface area contributed by atoms with E-state index in [9.17, 15) is 4.79 Å². The summed E-state index contributed by atoms with van der Waals surface area (Å²) in [5.74, 6) is -0.106. The number of hydrogen-bond donors (Lipinski definition) is 2. The molecule has 0 spiro atoms. The van der Waals surface area contributed by atoms with Crippen LogP contribution >= 0.6 is 0 Å². The summed E-state index contributed by atoms with van der Waals surface area (Å²) in [6.07, 6.45) is 3.53. The summed E-state index contributed by atoms with van der Waals surface area (Å²) >= 11 is 0. The standard InChI is InChI=1S/C13H16N4O/c1-13(2,14)8-12(18)17-9-3-4-10-11(7-9)16-6-5-15-10/h3-7H,8,14H2,1-2H3,(H,17,18). The number of carbonyl (C=O) groups excluding carboxylic acids is 1. The van der Waals surface area contributed by atoms with Crippen LogP contribution in [0.5, 0.6) is 0 Å². The second-order valence-electron chi connectivity index (χ2n) is 4.97. The third-order valence-electron chi connectivity index (χ3n) is 2.37. The third kappa shape index (κ3) is 3.24. The molecule has 94 valence electrons. The number of nitrogens with two attached hydrogens (primary N) is 1. The Labute approximate surface area is 105 Å². The summed E-state index contributed by atoms with van der Waals surface area (Å²) in [5.41, 5.74) is 7.54. The van der Waals surface area contributed by atoms with Gasteiger partial charge >= 0.3 is 0 Å². The second kappa shape index (κ2) is 4.70. The van der Waals surface area contributed by atoms with E-state index in [1.165, 1.54) is 0 Å². The SMILES string of the molecule is CC(C)(N)CC(=O)Nc1ccc2nccnc2c1. The topological polar surface area (TPSA) is 80.9 Å². The molecule has 0 radical (unpaired) electrons. The van der Waals surface area contributed by atoms with E-state index in [1.807, 2.05) is 19.9 Å². The molecule has 0 aliphatic rings. The minimum absolute atomic E-state index is 0.106. The summed E-state index contributed by atoms with van der Waals surface area (Å²) in [6, 6.07) is 5.42. The van der Waals surface area contributed by atoms with E-state index in [-0.39, 0.29) is 12.3 Å². The highest BCUT2D eigenvalue weighted by atomic mass is 16.1. The van der Waals surface area contributed by atoms with E-state index in [4.69, 9.17) is 5.73 Å². The van der Waals surface area contributed by atoms with Gasteiger partial charge in [0.25, 0.3) is 0 Å². The number of aromatic nitrogens is 2. The first-order valence-corrected chi connectivity index (χ1v) is 5.73. The van der Waals surface area contributed by atoms with Crippen LogP contribution in [0, 0.1) is 0 Å². The maximum Gasteiger partial charge on any atom is 0.226 e. The zero-order valence-corrected chi connectivity index (χ0v) is 10.5. The largest absolute Gasteiger partial charge is 0.326 e. The van der Waals surface area contributed by atoms with Gasteiger partial charge in [0.05, 0.1) is 11.0 Å². The molecule has 0 bridgehead atoms. The summed E-state index contributed by atoms with van der Waals surface area (Å²) in [4.78, 5) is 20.1. The van der Waals surface area contributed by atoms with E-state index >= 15 is 0 Å². The zero-order valence-electron chi connectivity index (χ0n) is 10.5. The molecule has 1 aromatic carbocycles. The van der Waals surface area contributed by atoms with E-state index in [2.05, 4.69) is 15.3 Å². The lowest BCUT2D eigenvalue weighted by molar-refractivity contribution is -0.117. The number of fused-ring (bicyclic) bond motifs is 1. The van der Waals surface area contributed by atoms with Crippen LogP contribution in [0.4, 0.5) is 5.69 Å². The van der Waals surface area contributed by atoms with Crippen LogP contribution in [0.15, 0.2) is 30.6 Å². The summed E-state index contributed by atoms with van der Waals surface area (Å²) < 4.78 is 0. The van der Waals surface area contributed by atoms with Gasteiger partial charge in [-0.2, -0.15) is 0 Å². The van der Waals surface area contributed by atoms with E-state index in [1.54, 1.807) is 24.5 Å². The van der Waals surface area contributed by atoms with Crippen molar-refractivity contribution in [3.05, 3.63) is 30.6 Å². The molecule has 2 rings (SSSR count). The molecule has 0 atom stereocenters. The Hall–Kier alpha value is -2.01. The van der Waals surface area contributed by atoms with Crippen molar-refractivity contribution in [3.63, 3.8) is 0 Å². The summed E-state index contributed by atoms with van der Waals surface area (Å²) in [7, 11) is 0. The van der Waals surface area contributed by atoms with Gasteiger partial charge in [0.1, 0.15) is 0 Å². The van der Waals surface area contributed by atoms with Crippen LogP contribution in [-0.4, -0.2) is 21.4 Å². The first-order chi connectivity index (χ1) is 8.44. The molecule has 5 nitrogen and oxygen atoms in total. The van der Waals surface area contributed by atoms with Gasteiger partial charge in [-0.15, -0.1) is 0 Å². The molecule has 1 heterocycles. The molecule has 2 aromatic rings. The minimum atomic E-state index is -0.513. The second-order valence-corrected chi connectivity index (χ2v) is 4.97. The van der Waals surface area contributed by atoms with Gasteiger partial charge in [-0.05, 0) is 32.0 Å². The maximum atomic E-state index is 11.7. The fraction of sp³-hybridized carbons (Fsp3) is 0.308. The Morgan fingerprint density at radius 3 is 2.61 bits per heavy atom. The number of anilines is 1. The Bertz CT molecular complexity index is 574. The number of nitrogens with one attached hydrogen (secondary N) is 1. The lowest BCUT2D eigenvalue weighted by Crippen LogP contribution is -2.36. The van der Waals surface area contributed by atoms with E-state index in [0.717, 1.165) is 11.0 Å². The van der Waals surface area contributed by atoms with Gasteiger partial charge < -0.3 is 11.1 Å². The van der Waals surface area contributed by atoms with Gasteiger partial charge in [-0.3, -0.25) is 14.8 Å². The Morgan fingerprint density at radius 1 is 1.28 bits per heavy atom. The Morgan fingerprint density at radius 2 is 1.94 bits per heavy atom. The lowest BCUT2D eigenvalue weighted by atomic mass is 10.0. The van der Waals surface area contributed by atoms with Crippen LogP contribution in [0.2, 0.25) is 0 Å².